The highest BCUT2D eigenvalue weighted by atomic mass is 32.2. The van der Waals surface area contributed by atoms with Crippen LogP contribution in [-0.4, -0.2) is 38.4 Å². The van der Waals surface area contributed by atoms with Gasteiger partial charge in [-0.3, -0.25) is 4.79 Å². The molecule has 0 saturated heterocycles. The normalized spacial score (nSPS) is 13.6. The van der Waals surface area contributed by atoms with Crippen LogP contribution in [0.5, 0.6) is 11.5 Å². The van der Waals surface area contributed by atoms with Gasteiger partial charge in [-0.2, -0.15) is 4.31 Å². The third kappa shape index (κ3) is 5.12. The average molecular weight is 457 g/mol. The van der Waals surface area contributed by atoms with E-state index in [-0.39, 0.29) is 18.0 Å². The fourth-order valence-corrected chi connectivity index (χ4v) is 4.63. The van der Waals surface area contributed by atoms with Gasteiger partial charge in [0.15, 0.2) is 11.5 Å². The molecule has 2 heterocycles. The summed E-state index contributed by atoms with van der Waals surface area (Å²) in [4.78, 5) is 12.9. The quantitative estimate of drug-likeness (QED) is 0.584. The molecule has 0 fully saturated rings. The number of sulfonamides is 1. The molecule has 168 valence electrons. The van der Waals surface area contributed by atoms with E-state index in [0.29, 0.717) is 36.2 Å². The summed E-state index contributed by atoms with van der Waals surface area (Å²) in [5.41, 5.74) is 1.43. The summed E-state index contributed by atoms with van der Waals surface area (Å²) < 4.78 is 44.2. The lowest BCUT2D eigenvalue weighted by Gasteiger charge is -2.21. The minimum Gasteiger partial charge on any atom is -0.490 e. The zero-order chi connectivity index (χ0) is 22.6. The van der Waals surface area contributed by atoms with Gasteiger partial charge in [0.05, 0.1) is 37.5 Å². The number of fused-ring (bicyclic) bond motifs is 1. The molecule has 0 saturated carbocycles. The smallest absolute Gasteiger partial charge is 0.243 e. The SMILES string of the molecule is Cc1ccc(S(=O)(=O)N(CC(=O)Nc2ccc3c(c2)OCCCO3)Cc2ccco2)cc1. The van der Waals surface area contributed by atoms with E-state index in [4.69, 9.17) is 13.9 Å². The Morgan fingerprint density at radius 3 is 2.50 bits per heavy atom. The van der Waals surface area contributed by atoms with Crippen molar-refractivity contribution in [2.45, 2.75) is 24.8 Å². The van der Waals surface area contributed by atoms with E-state index in [1.54, 1.807) is 42.5 Å². The maximum Gasteiger partial charge on any atom is 0.243 e. The van der Waals surface area contributed by atoms with E-state index >= 15 is 0 Å². The lowest BCUT2D eigenvalue weighted by molar-refractivity contribution is -0.116. The molecule has 0 aliphatic carbocycles. The Morgan fingerprint density at radius 1 is 1.03 bits per heavy atom. The van der Waals surface area contributed by atoms with Crippen LogP contribution in [0.15, 0.2) is 70.2 Å². The minimum atomic E-state index is -3.93. The predicted molar refractivity (Wildman–Crippen MR) is 118 cm³/mol. The summed E-state index contributed by atoms with van der Waals surface area (Å²) >= 11 is 0. The number of nitrogens with one attached hydrogen (secondary N) is 1. The van der Waals surface area contributed by atoms with E-state index in [1.165, 1.54) is 18.4 Å². The monoisotopic (exact) mass is 456 g/mol. The number of nitrogens with zero attached hydrogens (tertiary/aromatic N) is 1. The van der Waals surface area contributed by atoms with Crippen LogP contribution in [0.25, 0.3) is 0 Å². The zero-order valence-electron chi connectivity index (χ0n) is 17.6. The molecule has 1 N–H and O–H groups in total. The van der Waals surface area contributed by atoms with Crippen molar-refractivity contribution in [3.05, 3.63) is 72.2 Å². The Hall–Kier alpha value is -3.30. The second kappa shape index (κ2) is 9.46. The number of rotatable bonds is 7. The van der Waals surface area contributed by atoms with Crippen LogP contribution < -0.4 is 14.8 Å². The first-order valence-electron chi connectivity index (χ1n) is 10.2. The fourth-order valence-electron chi connectivity index (χ4n) is 3.26. The number of benzene rings is 2. The molecule has 0 bridgehead atoms. The van der Waals surface area contributed by atoms with Gasteiger partial charge in [0.25, 0.3) is 0 Å². The second-order valence-corrected chi connectivity index (χ2v) is 9.36. The first-order chi connectivity index (χ1) is 15.4. The van der Waals surface area contributed by atoms with Gasteiger partial charge in [0.2, 0.25) is 15.9 Å². The van der Waals surface area contributed by atoms with Crippen molar-refractivity contribution in [3.63, 3.8) is 0 Å². The van der Waals surface area contributed by atoms with Crippen molar-refractivity contribution >= 4 is 21.6 Å². The van der Waals surface area contributed by atoms with Crippen molar-refractivity contribution in [3.8, 4) is 11.5 Å². The summed E-state index contributed by atoms with van der Waals surface area (Å²) in [7, 11) is -3.93. The van der Waals surface area contributed by atoms with Crippen molar-refractivity contribution in [2.24, 2.45) is 0 Å². The van der Waals surface area contributed by atoms with E-state index in [2.05, 4.69) is 5.32 Å². The molecule has 3 aromatic rings. The highest BCUT2D eigenvalue weighted by molar-refractivity contribution is 7.89. The standard InChI is InChI=1S/C23H24N2O6S/c1-17-5-8-20(9-6-17)32(27,28)25(15-19-4-2-11-29-19)16-23(26)24-18-7-10-21-22(14-18)31-13-3-12-30-21/h2,4-11,14H,3,12-13,15-16H2,1H3,(H,24,26). The van der Waals surface area contributed by atoms with Crippen LogP contribution in [0, 0.1) is 6.92 Å². The highest BCUT2D eigenvalue weighted by Crippen LogP contribution is 2.32. The van der Waals surface area contributed by atoms with Crippen molar-refractivity contribution in [2.75, 3.05) is 25.1 Å². The predicted octanol–water partition coefficient (Wildman–Crippen LogP) is 3.58. The number of amides is 1. The zero-order valence-corrected chi connectivity index (χ0v) is 18.4. The Balaban J connectivity index is 1.53. The summed E-state index contributed by atoms with van der Waals surface area (Å²) in [5, 5.41) is 2.74. The van der Waals surface area contributed by atoms with Crippen LogP contribution in [0.3, 0.4) is 0 Å². The van der Waals surface area contributed by atoms with Gasteiger partial charge in [0, 0.05) is 18.2 Å². The summed E-state index contributed by atoms with van der Waals surface area (Å²) in [5.74, 6) is 1.10. The van der Waals surface area contributed by atoms with E-state index in [9.17, 15) is 13.2 Å². The number of hydrogen-bond donors (Lipinski definition) is 1. The van der Waals surface area contributed by atoms with Crippen molar-refractivity contribution in [1.82, 2.24) is 4.31 Å². The number of ether oxygens (including phenoxy) is 2. The third-order valence-corrected chi connectivity index (χ3v) is 6.73. The molecule has 0 atom stereocenters. The molecular weight excluding hydrogens is 432 g/mol. The summed E-state index contributed by atoms with van der Waals surface area (Å²) in [6, 6.07) is 14.9. The Labute approximate surface area is 186 Å². The van der Waals surface area contributed by atoms with Crippen molar-refractivity contribution < 1.29 is 27.1 Å². The third-order valence-electron chi connectivity index (χ3n) is 4.92. The van der Waals surface area contributed by atoms with E-state index in [1.807, 2.05) is 6.92 Å². The number of furan rings is 1. The van der Waals surface area contributed by atoms with Gasteiger partial charge in [-0.05, 0) is 43.3 Å². The van der Waals surface area contributed by atoms with Gasteiger partial charge < -0.3 is 19.2 Å². The molecular formula is C23H24N2O6S. The largest absolute Gasteiger partial charge is 0.490 e. The Morgan fingerprint density at radius 2 is 1.78 bits per heavy atom. The first kappa shape index (κ1) is 21.9. The molecule has 9 heteroatoms. The minimum absolute atomic E-state index is 0.0717. The molecule has 0 unspecified atom stereocenters. The molecule has 4 rings (SSSR count). The topological polar surface area (TPSA) is 98.1 Å². The molecule has 2 aromatic carbocycles. The highest BCUT2D eigenvalue weighted by Gasteiger charge is 2.28. The van der Waals surface area contributed by atoms with Gasteiger partial charge in [-0.25, -0.2) is 8.42 Å². The molecule has 1 aliphatic rings. The molecule has 32 heavy (non-hydrogen) atoms. The lowest BCUT2D eigenvalue weighted by Crippen LogP contribution is -2.37. The maximum atomic E-state index is 13.3. The van der Waals surface area contributed by atoms with Gasteiger partial charge in [-0.15, -0.1) is 0 Å². The van der Waals surface area contributed by atoms with Gasteiger partial charge in [0.1, 0.15) is 5.76 Å². The van der Waals surface area contributed by atoms with Gasteiger partial charge in [-0.1, -0.05) is 17.7 Å². The lowest BCUT2D eigenvalue weighted by atomic mass is 10.2. The molecule has 8 nitrogen and oxygen atoms in total. The van der Waals surface area contributed by atoms with Crippen molar-refractivity contribution in [1.29, 1.82) is 0 Å². The molecule has 1 amide bonds. The molecule has 0 spiro atoms. The van der Waals surface area contributed by atoms with Crippen LogP contribution >= 0.6 is 0 Å². The number of hydrogen-bond acceptors (Lipinski definition) is 6. The summed E-state index contributed by atoms with van der Waals surface area (Å²) in [6.45, 7) is 2.51. The number of anilines is 1. The number of aryl methyl sites for hydroxylation is 1. The Kier molecular flexibility index (Phi) is 6.48. The average Bonchev–Trinajstić information content (AvgIpc) is 3.17. The van der Waals surface area contributed by atoms with E-state index in [0.717, 1.165) is 16.3 Å². The van der Waals surface area contributed by atoms with Crippen LogP contribution in [-0.2, 0) is 21.4 Å². The second-order valence-electron chi connectivity index (χ2n) is 7.43. The van der Waals surface area contributed by atoms with Crippen LogP contribution in [0.4, 0.5) is 5.69 Å². The fraction of sp³-hybridized carbons (Fsp3) is 0.261. The molecule has 0 radical (unpaired) electrons. The maximum absolute atomic E-state index is 13.3. The van der Waals surface area contributed by atoms with E-state index < -0.39 is 15.9 Å². The number of carbonyl (C=O) groups excluding carboxylic acids is 1. The van der Waals surface area contributed by atoms with Crippen LogP contribution in [0.1, 0.15) is 17.7 Å². The van der Waals surface area contributed by atoms with Gasteiger partial charge >= 0.3 is 0 Å². The molecule has 1 aromatic heterocycles. The summed E-state index contributed by atoms with van der Waals surface area (Å²) in [6.07, 6.45) is 2.23. The Bertz CT molecular complexity index is 1170. The number of carbonyl (C=O) groups is 1. The first-order valence-corrected chi connectivity index (χ1v) is 11.6. The molecule has 1 aliphatic heterocycles. The van der Waals surface area contributed by atoms with Crippen LogP contribution in [0.2, 0.25) is 0 Å².